The summed E-state index contributed by atoms with van der Waals surface area (Å²) in [6.07, 6.45) is 0. The normalized spacial score (nSPS) is 20.2. The molecule has 5 nitrogen and oxygen atoms in total. The summed E-state index contributed by atoms with van der Waals surface area (Å²) in [5, 5.41) is 2.82. The van der Waals surface area contributed by atoms with Crippen LogP contribution in [0, 0.1) is 6.92 Å². The Morgan fingerprint density at radius 1 is 1.12 bits per heavy atom. The van der Waals surface area contributed by atoms with Crippen molar-refractivity contribution in [2.45, 2.75) is 25.9 Å². The molecule has 0 saturated carbocycles. The first-order chi connectivity index (χ1) is 11.4. The zero-order valence-corrected chi connectivity index (χ0v) is 14.0. The molecule has 0 aliphatic carbocycles. The van der Waals surface area contributed by atoms with E-state index < -0.39 is 5.54 Å². The zero-order valence-electron chi connectivity index (χ0n) is 14.0. The van der Waals surface area contributed by atoms with E-state index in [1.165, 1.54) is 4.90 Å². The van der Waals surface area contributed by atoms with Crippen molar-refractivity contribution in [3.05, 3.63) is 65.2 Å². The second-order valence-electron chi connectivity index (χ2n) is 6.16. The van der Waals surface area contributed by atoms with Crippen molar-refractivity contribution in [1.29, 1.82) is 0 Å². The highest BCUT2D eigenvalue weighted by Gasteiger charge is 2.48. The lowest BCUT2D eigenvalue weighted by molar-refractivity contribution is -0.131. The predicted octanol–water partition coefficient (Wildman–Crippen LogP) is 2.97. The molecule has 0 bridgehead atoms. The second-order valence-corrected chi connectivity index (χ2v) is 6.16. The molecule has 1 fully saturated rings. The average Bonchev–Trinajstić information content (AvgIpc) is 2.80. The number of urea groups is 1. The van der Waals surface area contributed by atoms with Gasteiger partial charge in [0.2, 0.25) is 0 Å². The number of methoxy groups -OCH3 is 1. The van der Waals surface area contributed by atoms with Gasteiger partial charge in [-0.3, -0.25) is 9.69 Å². The van der Waals surface area contributed by atoms with Gasteiger partial charge in [0.25, 0.3) is 5.91 Å². The Morgan fingerprint density at radius 3 is 2.50 bits per heavy atom. The third-order valence-corrected chi connectivity index (χ3v) is 4.38. The van der Waals surface area contributed by atoms with Gasteiger partial charge in [-0.1, -0.05) is 42.0 Å². The van der Waals surface area contributed by atoms with Crippen LogP contribution in [0.1, 0.15) is 23.6 Å². The van der Waals surface area contributed by atoms with E-state index >= 15 is 0 Å². The number of aryl methyl sites for hydroxylation is 1. The summed E-state index contributed by atoms with van der Waals surface area (Å²) in [7, 11) is 1.58. The van der Waals surface area contributed by atoms with Crippen molar-refractivity contribution in [2.75, 3.05) is 7.11 Å². The number of ether oxygens (including phenoxy) is 1. The molecule has 1 aliphatic rings. The van der Waals surface area contributed by atoms with Crippen molar-refractivity contribution in [3.63, 3.8) is 0 Å². The van der Waals surface area contributed by atoms with Crippen LogP contribution in [-0.4, -0.2) is 23.9 Å². The van der Waals surface area contributed by atoms with E-state index in [-0.39, 0.29) is 18.5 Å². The highest BCUT2D eigenvalue weighted by Crippen LogP contribution is 2.30. The standard InChI is InChI=1S/C19H20N2O3/c1-13-7-9-15(10-8-13)19(2)17(22)21(18(23)20-19)12-14-5-4-6-16(11-14)24-3/h4-11H,12H2,1-3H3,(H,20,23). The number of imide groups is 1. The van der Waals surface area contributed by atoms with E-state index in [1.54, 1.807) is 14.0 Å². The fraction of sp³-hybridized carbons (Fsp3) is 0.263. The Kier molecular flexibility index (Phi) is 4.01. The molecule has 2 aromatic rings. The van der Waals surface area contributed by atoms with Gasteiger partial charge in [0.1, 0.15) is 11.3 Å². The van der Waals surface area contributed by atoms with Crippen LogP contribution in [0.3, 0.4) is 0 Å². The number of rotatable bonds is 4. The summed E-state index contributed by atoms with van der Waals surface area (Å²) in [4.78, 5) is 26.5. The molecule has 3 rings (SSSR count). The van der Waals surface area contributed by atoms with Gasteiger partial charge in [-0.05, 0) is 37.1 Å². The first-order valence-electron chi connectivity index (χ1n) is 7.78. The Hall–Kier alpha value is -2.82. The van der Waals surface area contributed by atoms with Gasteiger partial charge in [0.15, 0.2) is 0 Å². The predicted molar refractivity (Wildman–Crippen MR) is 90.6 cm³/mol. The Balaban J connectivity index is 1.87. The van der Waals surface area contributed by atoms with Gasteiger partial charge in [-0.25, -0.2) is 4.79 Å². The van der Waals surface area contributed by atoms with Crippen molar-refractivity contribution < 1.29 is 14.3 Å². The van der Waals surface area contributed by atoms with Crippen LogP contribution < -0.4 is 10.1 Å². The van der Waals surface area contributed by atoms with Crippen LogP contribution in [0.15, 0.2) is 48.5 Å². The largest absolute Gasteiger partial charge is 0.497 e. The van der Waals surface area contributed by atoms with E-state index in [4.69, 9.17) is 4.74 Å². The molecule has 1 N–H and O–H groups in total. The number of nitrogens with one attached hydrogen (secondary N) is 1. The van der Waals surface area contributed by atoms with Gasteiger partial charge < -0.3 is 10.1 Å². The van der Waals surface area contributed by atoms with Crippen LogP contribution in [0.2, 0.25) is 0 Å². The monoisotopic (exact) mass is 324 g/mol. The first-order valence-corrected chi connectivity index (χ1v) is 7.78. The van der Waals surface area contributed by atoms with Crippen LogP contribution in [-0.2, 0) is 16.9 Å². The molecule has 0 aromatic heterocycles. The molecule has 5 heteroatoms. The van der Waals surface area contributed by atoms with Crippen LogP contribution in [0.5, 0.6) is 5.75 Å². The molecule has 0 radical (unpaired) electrons. The summed E-state index contributed by atoms with van der Waals surface area (Å²) in [6.45, 7) is 3.93. The molecule has 0 spiro atoms. The molecular weight excluding hydrogens is 304 g/mol. The number of hydrogen-bond acceptors (Lipinski definition) is 3. The molecule has 1 aliphatic heterocycles. The lowest BCUT2D eigenvalue weighted by Gasteiger charge is -2.22. The molecule has 1 heterocycles. The van der Waals surface area contributed by atoms with Crippen molar-refractivity contribution >= 4 is 11.9 Å². The Bertz CT molecular complexity index is 785. The third-order valence-electron chi connectivity index (χ3n) is 4.38. The maximum Gasteiger partial charge on any atom is 0.325 e. The minimum Gasteiger partial charge on any atom is -0.497 e. The highest BCUT2D eigenvalue weighted by molar-refractivity contribution is 6.07. The average molecular weight is 324 g/mol. The van der Waals surface area contributed by atoms with Crippen LogP contribution in [0.25, 0.3) is 0 Å². The van der Waals surface area contributed by atoms with Gasteiger partial charge in [0, 0.05) is 0 Å². The SMILES string of the molecule is COc1cccc(CN2C(=O)NC(C)(c3ccc(C)cc3)C2=O)c1. The van der Waals surface area contributed by atoms with Crippen LogP contribution >= 0.6 is 0 Å². The van der Waals surface area contributed by atoms with Crippen molar-refractivity contribution in [2.24, 2.45) is 0 Å². The summed E-state index contributed by atoms with van der Waals surface area (Å²) < 4.78 is 5.19. The summed E-state index contributed by atoms with van der Waals surface area (Å²) in [5.74, 6) is 0.444. The fourth-order valence-electron chi connectivity index (χ4n) is 2.88. The van der Waals surface area contributed by atoms with E-state index in [2.05, 4.69) is 5.32 Å². The molecular formula is C19H20N2O3. The van der Waals surface area contributed by atoms with Crippen LogP contribution in [0.4, 0.5) is 4.79 Å². The Labute approximate surface area is 141 Å². The molecule has 1 saturated heterocycles. The lowest BCUT2D eigenvalue weighted by Crippen LogP contribution is -2.40. The second kappa shape index (κ2) is 6.00. The maximum absolute atomic E-state index is 12.9. The molecule has 1 atom stereocenters. The minimum absolute atomic E-state index is 0.212. The lowest BCUT2D eigenvalue weighted by atomic mass is 9.91. The van der Waals surface area contributed by atoms with Gasteiger partial charge in [0.05, 0.1) is 13.7 Å². The molecule has 3 amide bonds. The number of carbonyl (C=O) groups excluding carboxylic acids is 2. The summed E-state index contributed by atoms with van der Waals surface area (Å²) in [6, 6.07) is 14.6. The quantitative estimate of drug-likeness (QED) is 0.880. The molecule has 24 heavy (non-hydrogen) atoms. The van der Waals surface area contributed by atoms with E-state index in [0.717, 1.165) is 16.7 Å². The maximum atomic E-state index is 12.9. The third kappa shape index (κ3) is 2.73. The van der Waals surface area contributed by atoms with Gasteiger partial charge in [-0.2, -0.15) is 0 Å². The Morgan fingerprint density at radius 2 is 1.83 bits per heavy atom. The van der Waals surface area contributed by atoms with Crippen molar-refractivity contribution in [1.82, 2.24) is 10.2 Å². The molecule has 2 aromatic carbocycles. The number of amides is 3. The topological polar surface area (TPSA) is 58.6 Å². The zero-order chi connectivity index (χ0) is 17.3. The van der Waals surface area contributed by atoms with E-state index in [9.17, 15) is 9.59 Å². The van der Waals surface area contributed by atoms with E-state index in [1.807, 2.05) is 55.5 Å². The van der Waals surface area contributed by atoms with Crippen molar-refractivity contribution in [3.8, 4) is 5.75 Å². The highest BCUT2D eigenvalue weighted by atomic mass is 16.5. The first kappa shape index (κ1) is 16.1. The number of nitrogens with zero attached hydrogens (tertiary/aromatic N) is 1. The van der Waals surface area contributed by atoms with Gasteiger partial charge in [-0.15, -0.1) is 0 Å². The summed E-state index contributed by atoms with van der Waals surface area (Å²) in [5.41, 5.74) is 1.68. The summed E-state index contributed by atoms with van der Waals surface area (Å²) >= 11 is 0. The molecule has 124 valence electrons. The fourth-order valence-corrected chi connectivity index (χ4v) is 2.88. The number of benzene rings is 2. The smallest absolute Gasteiger partial charge is 0.325 e. The minimum atomic E-state index is -1.04. The number of carbonyl (C=O) groups is 2. The molecule has 1 unspecified atom stereocenters. The van der Waals surface area contributed by atoms with E-state index in [0.29, 0.717) is 5.75 Å². The van der Waals surface area contributed by atoms with Gasteiger partial charge >= 0.3 is 6.03 Å². The number of hydrogen-bond donors (Lipinski definition) is 1.